The molecule has 0 bridgehead atoms. The molecular formula is C15H13ClFNO. The zero-order valence-electron chi connectivity index (χ0n) is 10.3. The molecule has 0 aliphatic rings. The van der Waals surface area contributed by atoms with Crippen molar-refractivity contribution in [2.45, 2.75) is 19.3 Å². The highest BCUT2D eigenvalue weighted by atomic mass is 35.5. The van der Waals surface area contributed by atoms with Gasteiger partial charge in [-0.05, 0) is 36.2 Å². The van der Waals surface area contributed by atoms with Crippen molar-refractivity contribution in [3.63, 3.8) is 0 Å². The third kappa shape index (κ3) is 3.86. The molecule has 0 spiro atoms. The number of Topliss-reactive ketones (excluding diaryl/α,β-unsaturated/α-hetero) is 1. The molecule has 2 rings (SSSR count). The number of ketones is 1. The molecule has 1 heterocycles. The van der Waals surface area contributed by atoms with Crippen molar-refractivity contribution < 1.29 is 9.18 Å². The van der Waals surface area contributed by atoms with Crippen LogP contribution in [0.2, 0.25) is 5.02 Å². The SMILES string of the molecule is O=C(CCc1ccncc1)Cc1c(F)cccc1Cl. The number of rotatable bonds is 5. The molecule has 0 amide bonds. The van der Waals surface area contributed by atoms with Gasteiger partial charge in [-0.1, -0.05) is 17.7 Å². The van der Waals surface area contributed by atoms with Crippen LogP contribution in [0, 0.1) is 5.82 Å². The normalized spacial score (nSPS) is 10.4. The summed E-state index contributed by atoms with van der Waals surface area (Å²) in [6.07, 6.45) is 4.42. The highest BCUT2D eigenvalue weighted by Crippen LogP contribution is 2.20. The number of aromatic nitrogens is 1. The Hall–Kier alpha value is -1.74. The summed E-state index contributed by atoms with van der Waals surface area (Å²) in [4.78, 5) is 15.8. The van der Waals surface area contributed by atoms with Crippen LogP contribution in [-0.4, -0.2) is 10.8 Å². The van der Waals surface area contributed by atoms with Crippen molar-refractivity contribution in [3.05, 3.63) is 64.7 Å². The van der Waals surface area contributed by atoms with E-state index in [0.29, 0.717) is 17.9 Å². The van der Waals surface area contributed by atoms with Gasteiger partial charge in [0.25, 0.3) is 0 Å². The first-order valence-corrected chi connectivity index (χ1v) is 6.38. The van der Waals surface area contributed by atoms with Gasteiger partial charge in [-0.15, -0.1) is 0 Å². The fourth-order valence-corrected chi connectivity index (χ4v) is 2.05. The van der Waals surface area contributed by atoms with Gasteiger partial charge in [0.1, 0.15) is 11.6 Å². The van der Waals surface area contributed by atoms with Crippen LogP contribution >= 0.6 is 11.6 Å². The van der Waals surface area contributed by atoms with E-state index < -0.39 is 5.82 Å². The van der Waals surface area contributed by atoms with Crippen LogP contribution in [0.15, 0.2) is 42.7 Å². The number of pyridine rings is 1. The van der Waals surface area contributed by atoms with Crippen LogP contribution in [0.1, 0.15) is 17.5 Å². The molecule has 1 aromatic heterocycles. The van der Waals surface area contributed by atoms with E-state index in [4.69, 9.17) is 11.6 Å². The van der Waals surface area contributed by atoms with Gasteiger partial charge in [-0.2, -0.15) is 0 Å². The summed E-state index contributed by atoms with van der Waals surface area (Å²) in [6, 6.07) is 8.17. The molecule has 0 aliphatic heterocycles. The predicted octanol–water partition coefficient (Wildman–Crippen LogP) is 3.62. The molecular weight excluding hydrogens is 265 g/mol. The summed E-state index contributed by atoms with van der Waals surface area (Å²) < 4.78 is 13.5. The number of carbonyl (C=O) groups is 1. The molecule has 19 heavy (non-hydrogen) atoms. The Morgan fingerprint density at radius 3 is 2.63 bits per heavy atom. The zero-order chi connectivity index (χ0) is 13.7. The van der Waals surface area contributed by atoms with E-state index in [9.17, 15) is 9.18 Å². The lowest BCUT2D eigenvalue weighted by Crippen LogP contribution is -2.06. The topological polar surface area (TPSA) is 30.0 Å². The van der Waals surface area contributed by atoms with Gasteiger partial charge in [0, 0.05) is 35.8 Å². The second-order valence-electron chi connectivity index (χ2n) is 4.27. The Balaban J connectivity index is 1.95. The van der Waals surface area contributed by atoms with Gasteiger partial charge < -0.3 is 0 Å². The van der Waals surface area contributed by atoms with Gasteiger partial charge in [0.05, 0.1) is 0 Å². The van der Waals surface area contributed by atoms with Gasteiger partial charge in [0.2, 0.25) is 0 Å². The van der Waals surface area contributed by atoms with E-state index in [-0.39, 0.29) is 17.8 Å². The van der Waals surface area contributed by atoms with E-state index in [2.05, 4.69) is 4.98 Å². The van der Waals surface area contributed by atoms with Crippen LogP contribution < -0.4 is 0 Å². The van der Waals surface area contributed by atoms with Crippen LogP contribution in [0.25, 0.3) is 0 Å². The Kier molecular flexibility index (Phi) is 4.63. The average molecular weight is 278 g/mol. The number of benzene rings is 1. The van der Waals surface area contributed by atoms with E-state index in [1.54, 1.807) is 18.5 Å². The fourth-order valence-electron chi connectivity index (χ4n) is 1.82. The molecule has 98 valence electrons. The first kappa shape index (κ1) is 13.7. The lowest BCUT2D eigenvalue weighted by molar-refractivity contribution is -0.118. The second kappa shape index (κ2) is 6.43. The number of halogens is 2. The molecule has 0 saturated heterocycles. The third-order valence-electron chi connectivity index (χ3n) is 2.88. The minimum Gasteiger partial charge on any atom is -0.299 e. The van der Waals surface area contributed by atoms with Crippen LogP contribution in [-0.2, 0) is 17.6 Å². The third-order valence-corrected chi connectivity index (χ3v) is 3.23. The molecule has 0 N–H and O–H groups in total. The van der Waals surface area contributed by atoms with Gasteiger partial charge >= 0.3 is 0 Å². The molecule has 0 unspecified atom stereocenters. The van der Waals surface area contributed by atoms with Crippen molar-refractivity contribution in [2.75, 3.05) is 0 Å². The Morgan fingerprint density at radius 1 is 1.21 bits per heavy atom. The van der Waals surface area contributed by atoms with Crippen LogP contribution in [0.4, 0.5) is 4.39 Å². The maximum Gasteiger partial charge on any atom is 0.137 e. The number of aryl methyl sites for hydroxylation is 1. The van der Waals surface area contributed by atoms with E-state index in [1.165, 1.54) is 12.1 Å². The lowest BCUT2D eigenvalue weighted by Gasteiger charge is -2.05. The Bertz CT molecular complexity index is 551. The highest BCUT2D eigenvalue weighted by molar-refractivity contribution is 6.31. The van der Waals surface area contributed by atoms with Crippen molar-refractivity contribution in [2.24, 2.45) is 0 Å². The number of hydrogen-bond acceptors (Lipinski definition) is 2. The lowest BCUT2D eigenvalue weighted by atomic mass is 10.0. The first-order chi connectivity index (χ1) is 9.16. The minimum atomic E-state index is -0.426. The number of nitrogens with zero attached hydrogens (tertiary/aromatic N) is 1. The molecule has 1 aromatic carbocycles. The fraction of sp³-hybridized carbons (Fsp3) is 0.200. The largest absolute Gasteiger partial charge is 0.299 e. The van der Waals surface area contributed by atoms with Crippen LogP contribution in [0.3, 0.4) is 0 Å². The smallest absolute Gasteiger partial charge is 0.137 e. The van der Waals surface area contributed by atoms with Crippen molar-refractivity contribution >= 4 is 17.4 Å². The quantitative estimate of drug-likeness (QED) is 0.835. The van der Waals surface area contributed by atoms with E-state index >= 15 is 0 Å². The van der Waals surface area contributed by atoms with Crippen molar-refractivity contribution in [1.82, 2.24) is 4.98 Å². The second-order valence-corrected chi connectivity index (χ2v) is 4.68. The maximum absolute atomic E-state index is 13.5. The highest BCUT2D eigenvalue weighted by Gasteiger charge is 2.11. The number of hydrogen-bond donors (Lipinski definition) is 0. The first-order valence-electron chi connectivity index (χ1n) is 6.00. The maximum atomic E-state index is 13.5. The zero-order valence-corrected chi connectivity index (χ0v) is 11.0. The monoisotopic (exact) mass is 277 g/mol. The minimum absolute atomic E-state index is 0.0242. The Labute approximate surface area is 116 Å². The summed E-state index contributed by atoms with van der Waals surface area (Å²) in [5.41, 5.74) is 1.33. The molecule has 2 aromatic rings. The van der Waals surface area contributed by atoms with E-state index in [1.807, 2.05) is 12.1 Å². The summed E-state index contributed by atoms with van der Waals surface area (Å²) in [7, 11) is 0. The van der Waals surface area contributed by atoms with Crippen molar-refractivity contribution in [1.29, 1.82) is 0 Å². The van der Waals surface area contributed by atoms with Gasteiger partial charge in [-0.3, -0.25) is 9.78 Å². The van der Waals surface area contributed by atoms with Crippen molar-refractivity contribution in [3.8, 4) is 0 Å². The predicted molar refractivity (Wildman–Crippen MR) is 72.7 cm³/mol. The molecule has 0 aliphatic carbocycles. The van der Waals surface area contributed by atoms with Gasteiger partial charge in [0.15, 0.2) is 0 Å². The molecule has 0 fully saturated rings. The van der Waals surface area contributed by atoms with E-state index in [0.717, 1.165) is 5.56 Å². The summed E-state index contributed by atoms with van der Waals surface area (Å²) in [6.45, 7) is 0. The summed E-state index contributed by atoms with van der Waals surface area (Å²) in [5.74, 6) is -0.450. The standard InChI is InChI=1S/C15H13ClFNO/c16-14-2-1-3-15(17)13(14)10-12(19)5-4-11-6-8-18-9-7-11/h1-3,6-9H,4-5,10H2. The summed E-state index contributed by atoms with van der Waals surface area (Å²) in [5, 5.41) is 0.303. The van der Waals surface area contributed by atoms with Gasteiger partial charge in [-0.25, -0.2) is 4.39 Å². The molecule has 4 heteroatoms. The Morgan fingerprint density at radius 2 is 1.95 bits per heavy atom. The molecule has 0 radical (unpaired) electrons. The average Bonchev–Trinajstić information content (AvgIpc) is 2.42. The summed E-state index contributed by atoms with van der Waals surface area (Å²) >= 11 is 5.89. The van der Waals surface area contributed by atoms with Crippen LogP contribution in [0.5, 0.6) is 0 Å². The molecule has 2 nitrogen and oxygen atoms in total. The molecule has 0 saturated carbocycles. The number of carbonyl (C=O) groups excluding carboxylic acids is 1. The molecule has 0 atom stereocenters.